The molecule has 2 rings (SSSR count). The molecule has 1 aliphatic rings. The van der Waals surface area contributed by atoms with E-state index < -0.39 is 5.54 Å². The van der Waals surface area contributed by atoms with Gasteiger partial charge in [0.05, 0.1) is 6.61 Å². The molecule has 1 atom stereocenters. The summed E-state index contributed by atoms with van der Waals surface area (Å²) in [4.78, 5) is 12.4. The molecule has 112 valence electrons. The quantitative estimate of drug-likeness (QED) is 0.827. The van der Waals surface area contributed by atoms with Crippen molar-refractivity contribution in [3.05, 3.63) is 22.6 Å². The minimum Gasteiger partial charge on any atom is -0.464 e. The summed E-state index contributed by atoms with van der Waals surface area (Å²) in [6, 6.07) is 3.95. The first-order chi connectivity index (χ1) is 9.56. The normalized spacial score (nSPS) is 19.6. The Bertz CT molecular complexity index is 454. The van der Waals surface area contributed by atoms with Crippen LogP contribution >= 0.6 is 15.9 Å². The lowest BCUT2D eigenvalue weighted by Gasteiger charge is -2.33. The molecule has 0 radical (unpaired) electrons. The number of carbonyl (C=O) groups excluding carboxylic acids is 1. The number of hydrogen-bond donors (Lipinski definition) is 1. The van der Waals surface area contributed by atoms with Gasteiger partial charge in [-0.15, -0.1) is 0 Å². The van der Waals surface area contributed by atoms with Crippen LogP contribution in [-0.2, 0) is 15.1 Å². The maximum absolute atomic E-state index is 12.4. The summed E-state index contributed by atoms with van der Waals surface area (Å²) in [6.45, 7) is 4.02. The van der Waals surface area contributed by atoms with Gasteiger partial charge in [-0.25, -0.2) is 4.79 Å². The molecule has 0 amide bonds. The van der Waals surface area contributed by atoms with Crippen molar-refractivity contribution in [3.8, 4) is 0 Å². The fourth-order valence-electron chi connectivity index (χ4n) is 2.74. The predicted octanol–water partition coefficient (Wildman–Crippen LogP) is 3.74. The standard InChI is InChI=1S/C15H22BrNO3/c1-3-19-14(18)15(2,12-9-10-13(16)20-12)17-11-7-5-4-6-8-11/h9-11,17H,3-8H2,1-2H3. The first kappa shape index (κ1) is 15.6. The highest BCUT2D eigenvalue weighted by molar-refractivity contribution is 9.10. The van der Waals surface area contributed by atoms with E-state index in [2.05, 4.69) is 21.2 Å². The summed E-state index contributed by atoms with van der Waals surface area (Å²) in [5.74, 6) is 0.306. The Labute approximate surface area is 128 Å². The second kappa shape index (κ2) is 6.76. The van der Waals surface area contributed by atoms with Gasteiger partial charge in [0.1, 0.15) is 5.76 Å². The summed E-state index contributed by atoms with van der Waals surface area (Å²) >= 11 is 3.29. The minimum absolute atomic E-state index is 0.285. The first-order valence-electron chi connectivity index (χ1n) is 7.27. The van der Waals surface area contributed by atoms with Gasteiger partial charge in [-0.1, -0.05) is 19.3 Å². The number of nitrogens with one attached hydrogen (secondary N) is 1. The Kier molecular flexibility index (Phi) is 5.27. The van der Waals surface area contributed by atoms with Crippen LogP contribution in [0, 0.1) is 0 Å². The summed E-state index contributed by atoms with van der Waals surface area (Å²) in [6.07, 6.45) is 5.88. The van der Waals surface area contributed by atoms with Crippen molar-refractivity contribution < 1.29 is 13.9 Å². The molecule has 0 aromatic carbocycles. The van der Waals surface area contributed by atoms with Crippen LogP contribution in [0.4, 0.5) is 0 Å². The Morgan fingerprint density at radius 2 is 2.15 bits per heavy atom. The number of rotatable bonds is 5. The molecule has 1 aromatic heterocycles. The van der Waals surface area contributed by atoms with Gasteiger partial charge >= 0.3 is 5.97 Å². The van der Waals surface area contributed by atoms with Gasteiger partial charge in [-0.05, 0) is 54.8 Å². The lowest BCUT2D eigenvalue weighted by atomic mass is 9.90. The molecular weight excluding hydrogens is 322 g/mol. The van der Waals surface area contributed by atoms with E-state index >= 15 is 0 Å². The monoisotopic (exact) mass is 343 g/mol. The van der Waals surface area contributed by atoms with Gasteiger partial charge in [-0.3, -0.25) is 5.32 Å². The van der Waals surface area contributed by atoms with E-state index in [4.69, 9.17) is 9.15 Å². The molecule has 1 saturated carbocycles. The van der Waals surface area contributed by atoms with Gasteiger partial charge in [0.2, 0.25) is 0 Å². The fourth-order valence-corrected chi connectivity index (χ4v) is 3.05. The maximum atomic E-state index is 12.4. The molecule has 0 aliphatic heterocycles. The molecular formula is C15H22BrNO3. The molecule has 0 bridgehead atoms. The van der Waals surface area contributed by atoms with Crippen molar-refractivity contribution in [2.45, 2.75) is 57.5 Å². The Balaban J connectivity index is 2.20. The van der Waals surface area contributed by atoms with Crippen LogP contribution in [0.3, 0.4) is 0 Å². The van der Waals surface area contributed by atoms with E-state index in [1.807, 2.05) is 19.9 Å². The molecule has 1 unspecified atom stereocenters. The van der Waals surface area contributed by atoms with Gasteiger partial charge in [0.25, 0.3) is 0 Å². The number of ether oxygens (including phenoxy) is 1. The molecule has 5 heteroatoms. The van der Waals surface area contributed by atoms with Crippen molar-refractivity contribution >= 4 is 21.9 Å². The summed E-state index contributed by atoms with van der Waals surface area (Å²) in [5.41, 5.74) is -0.927. The number of halogens is 1. The molecule has 1 aromatic rings. The largest absolute Gasteiger partial charge is 0.464 e. The molecule has 1 heterocycles. The van der Waals surface area contributed by atoms with Crippen LogP contribution in [0.2, 0.25) is 0 Å². The Hall–Kier alpha value is -0.810. The first-order valence-corrected chi connectivity index (χ1v) is 8.06. The van der Waals surface area contributed by atoms with E-state index in [-0.39, 0.29) is 5.97 Å². The van der Waals surface area contributed by atoms with Crippen LogP contribution in [0.15, 0.2) is 21.2 Å². The van der Waals surface area contributed by atoms with Crippen LogP contribution in [-0.4, -0.2) is 18.6 Å². The van der Waals surface area contributed by atoms with E-state index in [1.165, 1.54) is 19.3 Å². The summed E-state index contributed by atoms with van der Waals surface area (Å²) in [5, 5.41) is 3.46. The lowest BCUT2D eigenvalue weighted by Crippen LogP contribution is -2.52. The number of furan rings is 1. The molecule has 1 N–H and O–H groups in total. The Morgan fingerprint density at radius 3 is 2.70 bits per heavy atom. The summed E-state index contributed by atoms with van der Waals surface area (Å²) < 4.78 is 11.5. The molecule has 1 fully saturated rings. The van der Waals surface area contributed by atoms with Crippen molar-refractivity contribution in [3.63, 3.8) is 0 Å². The summed E-state index contributed by atoms with van der Waals surface area (Å²) in [7, 11) is 0. The van der Waals surface area contributed by atoms with Crippen molar-refractivity contribution in [1.82, 2.24) is 5.32 Å². The van der Waals surface area contributed by atoms with Crippen molar-refractivity contribution in [2.24, 2.45) is 0 Å². The third-order valence-corrected chi connectivity index (χ3v) is 4.27. The van der Waals surface area contributed by atoms with Crippen LogP contribution in [0.1, 0.15) is 51.7 Å². The molecule has 0 spiro atoms. The zero-order valence-electron chi connectivity index (χ0n) is 12.1. The van der Waals surface area contributed by atoms with E-state index in [1.54, 1.807) is 6.07 Å². The van der Waals surface area contributed by atoms with E-state index in [9.17, 15) is 4.79 Å². The van der Waals surface area contributed by atoms with Crippen LogP contribution in [0.25, 0.3) is 0 Å². The third-order valence-electron chi connectivity index (χ3n) is 3.85. The van der Waals surface area contributed by atoms with Crippen molar-refractivity contribution in [1.29, 1.82) is 0 Å². The van der Waals surface area contributed by atoms with Crippen molar-refractivity contribution in [2.75, 3.05) is 6.61 Å². The zero-order chi connectivity index (χ0) is 14.6. The van der Waals surface area contributed by atoms with E-state index in [0.717, 1.165) is 12.8 Å². The van der Waals surface area contributed by atoms with E-state index in [0.29, 0.717) is 23.1 Å². The topological polar surface area (TPSA) is 51.5 Å². The van der Waals surface area contributed by atoms with Gasteiger partial charge in [0, 0.05) is 6.04 Å². The van der Waals surface area contributed by atoms with Gasteiger partial charge in [-0.2, -0.15) is 0 Å². The van der Waals surface area contributed by atoms with Gasteiger partial charge < -0.3 is 9.15 Å². The number of esters is 1. The second-order valence-electron chi connectivity index (χ2n) is 5.43. The second-order valence-corrected chi connectivity index (χ2v) is 6.21. The maximum Gasteiger partial charge on any atom is 0.334 e. The molecule has 1 aliphatic carbocycles. The highest BCUT2D eigenvalue weighted by Crippen LogP contribution is 2.30. The van der Waals surface area contributed by atoms with Crippen LogP contribution < -0.4 is 5.32 Å². The number of carbonyl (C=O) groups is 1. The molecule has 20 heavy (non-hydrogen) atoms. The highest BCUT2D eigenvalue weighted by Gasteiger charge is 2.41. The average molecular weight is 344 g/mol. The number of hydrogen-bond acceptors (Lipinski definition) is 4. The zero-order valence-corrected chi connectivity index (χ0v) is 13.7. The van der Waals surface area contributed by atoms with Crippen LogP contribution in [0.5, 0.6) is 0 Å². The lowest BCUT2D eigenvalue weighted by molar-refractivity contribution is -0.152. The molecule has 0 saturated heterocycles. The Morgan fingerprint density at radius 1 is 1.45 bits per heavy atom. The third kappa shape index (κ3) is 3.44. The fraction of sp³-hybridized carbons (Fsp3) is 0.667. The smallest absolute Gasteiger partial charge is 0.334 e. The minimum atomic E-state index is -0.927. The molecule has 4 nitrogen and oxygen atoms in total. The predicted molar refractivity (Wildman–Crippen MR) is 80.4 cm³/mol. The highest BCUT2D eigenvalue weighted by atomic mass is 79.9. The van der Waals surface area contributed by atoms with Gasteiger partial charge in [0.15, 0.2) is 10.2 Å². The SMILES string of the molecule is CCOC(=O)C(C)(NC1CCCCC1)c1ccc(Br)o1. The average Bonchev–Trinajstić information content (AvgIpc) is 2.87.